The molecule has 0 aliphatic carbocycles. The van der Waals surface area contributed by atoms with Crippen LogP contribution in [0.25, 0.3) is 10.9 Å². The summed E-state index contributed by atoms with van der Waals surface area (Å²) in [6.07, 6.45) is -0.109. The lowest BCUT2D eigenvalue weighted by molar-refractivity contribution is 0.173. The molecule has 1 N–H and O–H groups in total. The van der Waals surface area contributed by atoms with Crippen LogP contribution < -0.4 is 0 Å². The standard InChI is InChI=1S/C17H13Br2NO/c18-13-6-3-4-11(8-13)9-16(21)17-14(19)10-12-5-1-2-7-15(12)20-17/h1-8,10,16,21H,9H2. The summed E-state index contributed by atoms with van der Waals surface area (Å²) in [6.45, 7) is 0. The average molecular weight is 407 g/mol. The van der Waals surface area contributed by atoms with Gasteiger partial charge in [-0.3, -0.25) is 0 Å². The number of halogens is 2. The predicted molar refractivity (Wildman–Crippen MR) is 92.2 cm³/mol. The zero-order chi connectivity index (χ0) is 14.8. The summed E-state index contributed by atoms with van der Waals surface area (Å²) in [5.41, 5.74) is 2.64. The molecule has 1 heterocycles. The van der Waals surface area contributed by atoms with Crippen molar-refractivity contribution in [3.63, 3.8) is 0 Å². The molecule has 0 bridgehead atoms. The molecule has 0 aliphatic heterocycles. The van der Waals surface area contributed by atoms with Crippen LogP contribution in [0.4, 0.5) is 0 Å². The first-order valence-corrected chi connectivity index (χ1v) is 8.20. The van der Waals surface area contributed by atoms with Crippen LogP contribution in [0.3, 0.4) is 0 Å². The fourth-order valence-corrected chi connectivity index (χ4v) is 3.37. The van der Waals surface area contributed by atoms with Gasteiger partial charge in [0.15, 0.2) is 0 Å². The van der Waals surface area contributed by atoms with Gasteiger partial charge in [-0.25, -0.2) is 4.98 Å². The van der Waals surface area contributed by atoms with Gasteiger partial charge in [0.25, 0.3) is 0 Å². The summed E-state index contributed by atoms with van der Waals surface area (Å²) >= 11 is 6.96. The van der Waals surface area contributed by atoms with Crippen molar-refractivity contribution in [2.24, 2.45) is 0 Å². The number of hydrogen-bond acceptors (Lipinski definition) is 2. The molecule has 4 heteroatoms. The fraction of sp³-hybridized carbons (Fsp3) is 0.118. The van der Waals surface area contributed by atoms with Crippen LogP contribution >= 0.6 is 31.9 Å². The molecule has 21 heavy (non-hydrogen) atoms. The molecule has 1 unspecified atom stereocenters. The maximum atomic E-state index is 10.5. The third-order valence-corrected chi connectivity index (χ3v) is 4.47. The number of aliphatic hydroxyl groups excluding tert-OH is 1. The van der Waals surface area contributed by atoms with Crippen LogP contribution in [0.5, 0.6) is 0 Å². The summed E-state index contributed by atoms with van der Waals surface area (Å²) in [4.78, 5) is 4.58. The van der Waals surface area contributed by atoms with Crippen molar-refractivity contribution in [2.45, 2.75) is 12.5 Å². The molecule has 3 rings (SSSR count). The Balaban J connectivity index is 1.93. The van der Waals surface area contributed by atoms with E-state index in [0.29, 0.717) is 12.1 Å². The maximum absolute atomic E-state index is 10.5. The van der Waals surface area contributed by atoms with E-state index in [0.717, 1.165) is 25.4 Å². The van der Waals surface area contributed by atoms with E-state index in [2.05, 4.69) is 36.8 Å². The highest BCUT2D eigenvalue weighted by Gasteiger charge is 2.15. The highest BCUT2D eigenvalue weighted by atomic mass is 79.9. The van der Waals surface area contributed by atoms with Crippen LogP contribution in [-0.4, -0.2) is 10.1 Å². The Bertz CT molecular complexity index is 789. The molecule has 0 saturated carbocycles. The van der Waals surface area contributed by atoms with Gasteiger partial charge in [-0.05, 0) is 45.8 Å². The van der Waals surface area contributed by atoms with Crippen LogP contribution in [0.1, 0.15) is 17.4 Å². The van der Waals surface area contributed by atoms with E-state index in [-0.39, 0.29) is 0 Å². The molecule has 1 atom stereocenters. The normalized spacial score (nSPS) is 12.5. The lowest BCUT2D eigenvalue weighted by atomic mass is 10.0. The van der Waals surface area contributed by atoms with Crippen molar-refractivity contribution in [3.8, 4) is 0 Å². The van der Waals surface area contributed by atoms with Crippen molar-refractivity contribution in [2.75, 3.05) is 0 Å². The topological polar surface area (TPSA) is 33.1 Å². The monoisotopic (exact) mass is 405 g/mol. The molecule has 0 radical (unpaired) electrons. The van der Waals surface area contributed by atoms with E-state index in [1.807, 2.05) is 54.6 Å². The van der Waals surface area contributed by atoms with Crippen molar-refractivity contribution < 1.29 is 5.11 Å². The number of nitrogens with zero attached hydrogens (tertiary/aromatic N) is 1. The van der Waals surface area contributed by atoms with Gasteiger partial charge < -0.3 is 5.11 Å². The van der Waals surface area contributed by atoms with E-state index in [1.165, 1.54) is 0 Å². The Morgan fingerprint density at radius 2 is 1.81 bits per heavy atom. The van der Waals surface area contributed by atoms with Gasteiger partial charge in [0.2, 0.25) is 0 Å². The summed E-state index contributed by atoms with van der Waals surface area (Å²) < 4.78 is 1.85. The lowest BCUT2D eigenvalue weighted by Gasteiger charge is -2.13. The Hall–Kier alpha value is -1.23. The Kier molecular flexibility index (Phi) is 4.38. The second-order valence-electron chi connectivity index (χ2n) is 4.90. The van der Waals surface area contributed by atoms with Gasteiger partial charge in [-0.2, -0.15) is 0 Å². The molecule has 0 fully saturated rings. The molecule has 0 spiro atoms. The predicted octanol–water partition coefficient (Wildman–Crippen LogP) is 5.04. The quantitative estimate of drug-likeness (QED) is 0.661. The lowest BCUT2D eigenvalue weighted by Crippen LogP contribution is -2.05. The van der Waals surface area contributed by atoms with E-state index in [4.69, 9.17) is 0 Å². The Labute approximate surface area is 140 Å². The number of aromatic nitrogens is 1. The smallest absolute Gasteiger partial charge is 0.101 e. The summed E-state index contributed by atoms with van der Waals surface area (Å²) in [5.74, 6) is 0. The largest absolute Gasteiger partial charge is 0.386 e. The number of fused-ring (bicyclic) bond motifs is 1. The minimum Gasteiger partial charge on any atom is -0.386 e. The minimum atomic E-state index is -0.640. The molecule has 2 aromatic carbocycles. The molecular weight excluding hydrogens is 394 g/mol. The van der Waals surface area contributed by atoms with Gasteiger partial charge in [-0.1, -0.05) is 46.3 Å². The van der Waals surface area contributed by atoms with E-state index >= 15 is 0 Å². The van der Waals surface area contributed by atoms with Crippen molar-refractivity contribution in [1.82, 2.24) is 4.98 Å². The molecular formula is C17H13Br2NO. The van der Waals surface area contributed by atoms with Crippen molar-refractivity contribution in [3.05, 3.63) is 74.8 Å². The molecule has 106 valence electrons. The Morgan fingerprint density at radius 3 is 2.62 bits per heavy atom. The second-order valence-corrected chi connectivity index (χ2v) is 6.67. The number of hydrogen-bond donors (Lipinski definition) is 1. The molecule has 0 amide bonds. The number of benzene rings is 2. The average Bonchev–Trinajstić information content (AvgIpc) is 2.46. The second kappa shape index (κ2) is 6.26. The van der Waals surface area contributed by atoms with Gasteiger partial charge in [-0.15, -0.1) is 0 Å². The zero-order valence-corrected chi connectivity index (χ0v) is 14.3. The molecule has 0 aliphatic rings. The molecule has 0 saturated heterocycles. The number of para-hydroxylation sites is 1. The molecule has 1 aromatic heterocycles. The van der Waals surface area contributed by atoms with Crippen molar-refractivity contribution in [1.29, 1.82) is 0 Å². The van der Waals surface area contributed by atoms with Gasteiger partial charge in [0.05, 0.1) is 11.2 Å². The molecule has 3 aromatic rings. The number of rotatable bonds is 3. The van der Waals surface area contributed by atoms with Crippen LogP contribution in [0.2, 0.25) is 0 Å². The highest BCUT2D eigenvalue weighted by Crippen LogP contribution is 2.28. The van der Waals surface area contributed by atoms with Gasteiger partial charge in [0.1, 0.15) is 6.10 Å². The SMILES string of the molecule is OC(Cc1cccc(Br)c1)c1nc2ccccc2cc1Br. The van der Waals surface area contributed by atoms with Crippen LogP contribution in [0, 0.1) is 0 Å². The van der Waals surface area contributed by atoms with Gasteiger partial charge in [0, 0.05) is 20.8 Å². The zero-order valence-electron chi connectivity index (χ0n) is 11.1. The summed E-state index contributed by atoms with van der Waals surface area (Å²) in [7, 11) is 0. The first-order chi connectivity index (χ1) is 10.1. The summed E-state index contributed by atoms with van der Waals surface area (Å²) in [6, 6.07) is 17.9. The third kappa shape index (κ3) is 3.34. The number of aliphatic hydroxyl groups is 1. The van der Waals surface area contributed by atoms with Gasteiger partial charge >= 0.3 is 0 Å². The minimum absolute atomic E-state index is 0.531. The fourth-order valence-electron chi connectivity index (χ4n) is 2.32. The first-order valence-electron chi connectivity index (χ1n) is 6.61. The first kappa shape index (κ1) is 14.7. The third-order valence-electron chi connectivity index (χ3n) is 3.34. The van der Waals surface area contributed by atoms with E-state index in [9.17, 15) is 5.11 Å². The Morgan fingerprint density at radius 1 is 1.00 bits per heavy atom. The van der Waals surface area contributed by atoms with E-state index < -0.39 is 6.10 Å². The number of pyridine rings is 1. The van der Waals surface area contributed by atoms with Crippen LogP contribution in [-0.2, 0) is 6.42 Å². The summed E-state index contributed by atoms with van der Waals surface area (Å²) in [5, 5.41) is 11.6. The highest BCUT2D eigenvalue weighted by molar-refractivity contribution is 9.10. The van der Waals surface area contributed by atoms with Crippen LogP contribution in [0.15, 0.2) is 63.5 Å². The van der Waals surface area contributed by atoms with E-state index in [1.54, 1.807) is 0 Å². The maximum Gasteiger partial charge on any atom is 0.101 e. The van der Waals surface area contributed by atoms with Crippen molar-refractivity contribution >= 4 is 42.8 Å². The molecule has 2 nitrogen and oxygen atoms in total.